The lowest BCUT2D eigenvalue weighted by Crippen LogP contribution is -2.30. The molecule has 1 unspecified atom stereocenters. The van der Waals surface area contributed by atoms with Crippen LogP contribution < -0.4 is 4.72 Å². The number of rotatable bonds is 3. The molecule has 0 aliphatic carbocycles. The quantitative estimate of drug-likeness (QED) is 0.611. The van der Waals surface area contributed by atoms with Crippen LogP contribution in [0.3, 0.4) is 0 Å². The number of nitrogens with one attached hydrogen (secondary N) is 1. The fourth-order valence-electron chi connectivity index (χ4n) is 0.354. The number of amides is 1. The van der Waals surface area contributed by atoms with Crippen LogP contribution in [0, 0.1) is 0 Å². The van der Waals surface area contributed by atoms with Gasteiger partial charge in [0.25, 0.3) is 0 Å². The van der Waals surface area contributed by atoms with Crippen molar-refractivity contribution >= 4 is 22.0 Å². The number of carbonyl (C=O) groups excluding carboxylic acids is 1. The zero-order valence-electron chi connectivity index (χ0n) is 6.20. The third-order valence-corrected chi connectivity index (χ3v) is 1.17. The summed E-state index contributed by atoms with van der Waals surface area (Å²) in [5, 5.41) is 0. The van der Waals surface area contributed by atoms with Crippen LogP contribution >= 0.6 is 0 Å². The van der Waals surface area contributed by atoms with Gasteiger partial charge in [0.1, 0.15) is 0 Å². The summed E-state index contributed by atoms with van der Waals surface area (Å²) in [5.41, 5.74) is 0. The molecule has 0 saturated heterocycles. The van der Waals surface area contributed by atoms with Gasteiger partial charge in [-0.2, -0.15) is 0 Å². The zero-order valence-corrected chi connectivity index (χ0v) is 7.02. The Morgan fingerprint density at radius 2 is 2.36 bits per heavy atom. The van der Waals surface area contributed by atoms with Crippen LogP contribution in [0.1, 0.15) is 13.3 Å². The molecule has 0 rings (SSSR count). The lowest BCUT2D eigenvalue weighted by Gasteiger charge is -2.04. The third-order valence-electron chi connectivity index (χ3n) is 0.680. The van der Waals surface area contributed by atoms with Crippen molar-refractivity contribution in [2.45, 2.75) is 13.3 Å². The van der Waals surface area contributed by atoms with E-state index < -0.39 is 16.1 Å². The first kappa shape index (κ1) is 10.2. The minimum absolute atomic E-state index is 0.224. The molecule has 0 spiro atoms. The second-order valence-corrected chi connectivity index (χ2v) is 3.36. The maximum absolute atomic E-state index is 10.5. The molecule has 0 aliphatic rings. The highest BCUT2D eigenvalue weighted by atomic mass is 32.2. The van der Waals surface area contributed by atoms with Gasteiger partial charge in [-0.15, -0.1) is 0 Å². The Balaban J connectivity index is 3.71. The Labute approximate surface area is 65.7 Å². The highest BCUT2D eigenvalue weighted by Crippen LogP contribution is 1.83. The van der Waals surface area contributed by atoms with Crippen molar-refractivity contribution in [2.24, 2.45) is 0 Å². The van der Waals surface area contributed by atoms with Gasteiger partial charge >= 0.3 is 6.09 Å². The second kappa shape index (κ2) is 4.20. The first-order valence-corrected chi connectivity index (χ1v) is 4.68. The number of hydrogen-bond donors (Lipinski definition) is 2. The van der Waals surface area contributed by atoms with Gasteiger partial charge in [-0.05, 0) is 12.3 Å². The monoisotopic (exact) mass is 181 g/mol. The van der Waals surface area contributed by atoms with E-state index in [0.29, 0.717) is 6.42 Å². The van der Waals surface area contributed by atoms with Crippen molar-refractivity contribution < 1.29 is 18.3 Å². The summed E-state index contributed by atoms with van der Waals surface area (Å²) in [6, 6.07) is 0. The number of hydrogen-bond acceptors (Lipinski definition) is 3. The van der Waals surface area contributed by atoms with Gasteiger partial charge in [-0.25, -0.2) is 13.7 Å². The van der Waals surface area contributed by atoms with Crippen LogP contribution in [0.15, 0.2) is 0 Å². The van der Waals surface area contributed by atoms with Crippen molar-refractivity contribution in [3.63, 3.8) is 0 Å². The molecule has 66 valence electrons. The molecule has 1 amide bonds. The maximum atomic E-state index is 10.5. The van der Waals surface area contributed by atoms with E-state index in [4.69, 9.17) is 4.55 Å². The molecule has 1 atom stereocenters. The largest absolute Gasteiger partial charge is 0.449 e. The molecule has 0 aromatic carbocycles. The van der Waals surface area contributed by atoms with E-state index in [1.165, 1.54) is 0 Å². The summed E-state index contributed by atoms with van der Waals surface area (Å²) in [5.74, 6) is 2.79. The van der Waals surface area contributed by atoms with Crippen molar-refractivity contribution in [3.05, 3.63) is 0 Å². The first-order valence-electron chi connectivity index (χ1n) is 3.00. The molecule has 2 N–H and O–H groups in total. The van der Waals surface area contributed by atoms with Gasteiger partial charge in [0.05, 0.1) is 6.61 Å². The van der Waals surface area contributed by atoms with Gasteiger partial charge in [-0.1, -0.05) is 6.92 Å². The number of carbonyl (C=O) groups is 1. The summed E-state index contributed by atoms with van der Waals surface area (Å²) >= 11 is 0. The standard InChI is InChI=1S/C5H11NO4S/c1-3-4-10-5(7)6-11(2,8)9/h2-4H2,1H3,(H2,6,7,8,9). The zero-order chi connectivity index (χ0) is 8.91. The van der Waals surface area contributed by atoms with Gasteiger partial charge < -0.3 is 4.74 Å². The van der Waals surface area contributed by atoms with E-state index in [0.717, 1.165) is 0 Å². The van der Waals surface area contributed by atoms with Gasteiger partial charge in [0.2, 0.25) is 0 Å². The van der Waals surface area contributed by atoms with Gasteiger partial charge in [-0.3, -0.25) is 4.55 Å². The fourth-order valence-corrected chi connectivity index (χ4v) is 0.674. The molecule has 0 aromatic heterocycles. The van der Waals surface area contributed by atoms with E-state index in [2.05, 4.69) is 10.6 Å². The average Bonchev–Trinajstić information content (AvgIpc) is 1.79. The molecule has 5 nitrogen and oxygen atoms in total. The Hall–Kier alpha value is -0.750. The fraction of sp³-hybridized carbons (Fsp3) is 0.600. The highest BCUT2D eigenvalue weighted by Gasteiger charge is 2.04. The van der Waals surface area contributed by atoms with Crippen molar-refractivity contribution in [3.8, 4) is 0 Å². The highest BCUT2D eigenvalue weighted by molar-refractivity contribution is 7.93. The summed E-state index contributed by atoms with van der Waals surface area (Å²) < 4.78 is 25.0. The van der Waals surface area contributed by atoms with E-state index in [9.17, 15) is 9.00 Å². The third kappa shape index (κ3) is 7.14. The smallest absolute Gasteiger partial charge is 0.420 e. The molecule has 11 heavy (non-hydrogen) atoms. The molecule has 0 aliphatic heterocycles. The first-order chi connectivity index (χ1) is 4.95. The molecule has 0 aromatic rings. The summed E-state index contributed by atoms with van der Waals surface area (Å²) in [7, 11) is -3.48. The van der Waals surface area contributed by atoms with Crippen LogP contribution in [0.2, 0.25) is 0 Å². The minimum Gasteiger partial charge on any atom is -0.449 e. The molecular formula is C5H11NO4S. The normalized spacial score (nSPS) is 15.1. The predicted molar refractivity (Wildman–Crippen MR) is 42.7 cm³/mol. The maximum Gasteiger partial charge on any atom is 0.420 e. The van der Waals surface area contributed by atoms with E-state index in [1.807, 2.05) is 6.92 Å². The number of ether oxygens (including phenoxy) is 1. The van der Waals surface area contributed by atoms with Crippen molar-refractivity contribution in [1.82, 2.24) is 4.72 Å². The van der Waals surface area contributed by atoms with Crippen LogP contribution in [0.4, 0.5) is 4.79 Å². The molecular weight excluding hydrogens is 170 g/mol. The van der Waals surface area contributed by atoms with E-state index >= 15 is 0 Å². The summed E-state index contributed by atoms with van der Waals surface area (Å²) in [4.78, 5) is 10.5. The van der Waals surface area contributed by atoms with E-state index in [1.54, 1.807) is 4.72 Å². The van der Waals surface area contributed by atoms with E-state index in [-0.39, 0.29) is 6.61 Å². The van der Waals surface area contributed by atoms with Crippen LogP contribution in [0.25, 0.3) is 0 Å². The van der Waals surface area contributed by atoms with Crippen molar-refractivity contribution in [2.75, 3.05) is 6.61 Å². The average molecular weight is 181 g/mol. The Bertz CT molecular complexity index is 221. The SMILES string of the molecule is C=S(=O)(O)NC(=O)OCCC. The summed E-state index contributed by atoms with van der Waals surface area (Å²) in [6.45, 7) is 2.04. The lowest BCUT2D eigenvalue weighted by atomic mass is 10.5. The Morgan fingerprint density at radius 1 is 1.82 bits per heavy atom. The van der Waals surface area contributed by atoms with Crippen LogP contribution in [0.5, 0.6) is 0 Å². The van der Waals surface area contributed by atoms with Crippen LogP contribution in [-0.4, -0.2) is 27.3 Å². The second-order valence-electron chi connectivity index (χ2n) is 1.88. The van der Waals surface area contributed by atoms with Gasteiger partial charge in [0, 0.05) is 0 Å². The van der Waals surface area contributed by atoms with Crippen molar-refractivity contribution in [1.29, 1.82) is 0 Å². The molecule has 0 heterocycles. The molecule has 6 heteroatoms. The Kier molecular flexibility index (Phi) is 3.91. The molecule has 0 bridgehead atoms. The van der Waals surface area contributed by atoms with Crippen LogP contribution in [-0.2, 0) is 14.7 Å². The molecule has 0 radical (unpaired) electrons. The topological polar surface area (TPSA) is 75.6 Å². The van der Waals surface area contributed by atoms with Gasteiger partial charge in [0.15, 0.2) is 9.99 Å². The predicted octanol–water partition coefficient (Wildman–Crippen LogP) is 0.227. The molecule has 0 saturated carbocycles. The summed E-state index contributed by atoms with van der Waals surface area (Å²) in [6.07, 6.45) is -0.258. The minimum atomic E-state index is -3.48. The Morgan fingerprint density at radius 3 is 2.73 bits per heavy atom. The molecule has 0 fully saturated rings. The lowest BCUT2D eigenvalue weighted by molar-refractivity contribution is 0.152.